The summed E-state index contributed by atoms with van der Waals surface area (Å²) in [5.74, 6) is -0.548. The van der Waals surface area contributed by atoms with Crippen LogP contribution in [0.3, 0.4) is 0 Å². The molecule has 0 bridgehead atoms. The number of nitrogens with one attached hydrogen (secondary N) is 1. The van der Waals surface area contributed by atoms with Crippen LogP contribution in [0, 0.1) is 0 Å². The number of amides is 1. The summed E-state index contributed by atoms with van der Waals surface area (Å²) < 4.78 is 10.5. The van der Waals surface area contributed by atoms with Gasteiger partial charge in [0.2, 0.25) is 0 Å². The summed E-state index contributed by atoms with van der Waals surface area (Å²) in [4.78, 5) is 24.1. The molecule has 25 heavy (non-hydrogen) atoms. The van der Waals surface area contributed by atoms with Crippen LogP contribution in [0.15, 0.2) is 48.5 Å². The second-order valence-electron chi connectivity index (χ2n) is 5.35. The third-order valence-corrected chi connectivity index (χ3v) is 3.74. The summed E-state index contributed by atoms with van der Waals surface area (Å²) in [6.45, 7) is 3.74. The van der Waals surface area contributed by atoms with Gasteiger partial charge in [-0.15, -0.1) is 0 Å². The summed E-state index contributed by atoms with van der Waals surface area (Å²) in [6, 6.07) is 13.7. The Kier molecular flexibility index (Phi) is 6.83. The molecule has 2 aromatic carbocycles. The minimum Gasteiger partial charge on any atom is -0.493 e. The molecule has 0 aliphatic rings. The van der Waals surface area contributed by atoms with Crippen molar-refractivity contribution in [2.24, 2.45) is 0 Å². The molecule has 0 spiro atoms. The highest BCUT2D eigenvalue weighted by Gasteiger charge is 2.16. The van der Waals surface area contributed by atoms with Crippen molar-refractivity contribution in [3.8, 4) is 5.75 Å². The van der Waals surface area contributed by atoms with Crippen molar-refractivity contribution in [2.75, 3.05) is 13.2 Å². The quantitative estimate of drug-likeness (QED) is 0.762. The van der Waals surface area contributed by atoms with E-state index in [1.165, 1.54) is 0 Å². The summed E-state index contributed by atoms with van der Waals surface area (Å²) in [5, 5.41) is 3.40. The molecule has 1 amide bonds. The Morgan fingerprint density at radius 1 is 1.12 bits per heavy atom. The fourth-order valence-electron chi connectivity index (χ4n) is 2.24. The van der Waals surface area contributed by atoms with E-state index in [-0.39, 0.29) is 18.6 Å². The largest absolute Gasteiger partial charge is 0.493 e. The van der Waals surface area contributed by atoms with Gasteiger partial charge in [0.15, 0.2) is 6.61 Å². The fraction of sp³-hybridized carbons (Fsp3) is 0.263. The number of halogens is 1. The van der Waals surface area contributed by atoms with Crippen molar-refractivity contribution in [1.29, 1.82) is 0 Å². The van der Waals surface area contributed by atoms with E-state index in [0.29, 0.717) is 22.9 Å². The van der Waals surface area contributed by atoms with E-state index in [0.717, 1.165) is 5.56 Å². The first kappa shape index (κ1) is 18.8. The maximum absolute atomic E-state index is 12.1. The molecule has 0 fully saturated rings. The first-order chi connectivity index (χ1) is 12.0. The zero-order chi connectivity index (χ0) is 18.2. The predicted octanol–water partition coefficient (Wildman–Crippen LogP) is 3.77. The van der Waals surface area contributed by atoms with E-state index in [9.17, 15) is 9.59 Å². The number of rotatable bonds is 7. The molecule has 0 saturated heterocycles. The second kappa shape index (κ2) is 9.08. The standard InChI is InChI=1S/C19H20ClNO4/c1-3-24-17-7-5-4-6-16(17)19(23)25-12-18(22)21-13(2)14-8-10-15(20)11-9-14/h4-11,13H,3,12H2,1-2H3,(H,21,22)/t13-/m1/s1. The van der Waals surface area contributed by atoms with E-state index < -0.39 is 5.97 Å². The molecule has 0 aliphatic heterocycles. The van der Waals surface area contributed by atoms with E-state index in [4.69, 9.17) is 21.1 Å². The van der Waals surface area contributed by atoms with E-state index in [1.54, 1.807) is 36.4 Å². The number of carbonyl (C=O) groups is 2. The Balaban J connectivity index is 1.89. The fourth-order valence-corrected chi connectivity index (χ4v) is 2.37. The number of hydrogen-bond donors (Lipinski definition) is 1. The molecule has 0 aromatic heterocycles. The summed E-state index contributed by atoms with van der Waals surface area (Å²) in [5.41, 5.74) is 1.20. The highest BCUT2D eigenvalue weighted by molar-refractivity contribution is 6.30. The summed E-state index contributed by atoms with van der Waals surface area (Å²) in [7, 11) is 0. The van der Waals surface area contributed by atoms with Crippen molar-refractivity contribution >= 4 is 23.5 Å². The molecule has 0 radical (unpaired) electrons. The van der Waals surface area contributed by atoms with Gasteiger partial charge in [0.05, 0.1) is 12.6 Å². The Hall–Kier alpha value is -2.53. The lowest BCUT2D eigenvalue weighted by Gasteiger charge is -2.15. The Morgan fingerprint density at radius 2 is 1.80 bits per heavy atom. The van der Waals surface area contributed by atoms with Gasteiger partial charge in [0.25, 0.3) is 5.91 Å². The van der Waals surface area contributed by atoms with Crippen molar-refractivity contribution in [3.63, 3.8) is 0 Å². The van der Waals surface area contributed by atoms with Crippen LogP contribution in [0.2, 0.25) is 5.02 Å². The second-order valence-corrected chi connectivity index (χ2v) is 5.78. The molecule has 0 heterocycles. The molecule has 5 nitrogen and oxygen atoms in total. The number of ether oxygens (including phenoxy) is 2. The molecule has 2 rings (SSSR count). The zero-order valence-corrected chi connectivity index (χ0v) is 14.9. The number of esters is 1. The third kappa shape index (κ3) is 5.50. The Bertz CT molecular complexity index is 730. The van der Waals surface area contributed by atoms with Crippen molar-refractivity contribution in [1.82, 2.24) is 5.32 Å². The van der Waals surface area contributed by atoms with Crippen LogP contribution in [-0.2, 0) is 9.53 Å². The minimum absolute atomic E-state index is 0.223. The molecule has 0 aliphatic carbocycles. The van der Waals surface area contributed by atoms with E-state index in [1.807, 2.05) is 26.0 Å². The lowest BCUT2D eigenvalue weighted by atomic mass is 10.1. The monoisotopic (exact) mass is 361 g/mol. The number of hydrogen-bond acceptors (Lipinski definition) is 4. The lowest BCUT2D eigenvalue weighted by Crippen LogP contribution is -2.31. The Labute approximate surface area is 151 Å². The van der Waals surface area contributed by atoms with Gasteiger partial charge in [0, 0.05) is 5.02 Å². The van der Waals surface area contributed by atoms with Gasteiger partial charge in [-0.25, -0.2) is 4.79 Å². The van der Waals surface area contributed by atoms with Crippen LogP contribution in [0.5, 0.6) is 5.75 Å². The Morgan fingerprint density at radius 3 is 2.48 bits per heavy atom. The van der Waals surface area contributed by atoms with Gasteiger partial charge in [0.1, 0.15) is 11.3 Å². The maximum atomic E-state index is 12.1. The van der Waals surface area contributed by atoms with Gasteiger partial charge in [-0.05, 0) is 43.7 Å². The summed E-state index contributed by atoms with van der Waals surface area (Å²) in [6.07, 6.45) is 0. The van der Waals surface area contributed by atoms with Gasteiger partial charge in [-0.3, -0.25) is 4.79 Å². The molecule has 1 N–H and O–H groups in total. The van der Waals surface area contributed by atoms with Crippen LogP contribution in [0.25, 0.3) is 0 Å². The number of para-hydroxylation sites is 1. The zero-order valence-electron chi connectivity index (χ0n) is 14.1. The molecule has 0 unspecified atom stereocenters. The first-order valence-corrected chi connectivity index (χ1v) is 8.32. The lowest BCUT2D eigenvalue weighted by molar-refractivity contribution is -0.124. The van der Waals surface area contributed by atoms with Crippen LogP contribution in [-0.4, -0.2) is 25.1 Å². The van der Waals surface area contributed by atoms with Gasteiger partial charge in [-0.2, -0.15) is 0 Å². The third-order valence-electron chi connectivity index (χ3n) is 3.49. The summed E-state index contributed by atoms with van der Waals surface area (Å²) >= 11 is 5.84. The molecule has 0 saturated carbocycles. The molecule has 1 atom stereocenters. The number of benzene rings is 2. The van der Waals surface area contributed by atoms with Gasteiger partial charge in [-0.1, -0.05) is 35.9 Å². The molecule has 132 valence electrons. The normalized spacial score (nSPS) is 11.5. The van der Waals surface area contributed by atoms with Crippen molar-refractivity contribution in [3.05, 3.63) is 64.7 Å². The average molecular weight is 362 g/mol. The molecule has 2 aromatic rings. The van der Waals surface area contributed by atoms with Crippen LogP contribution in [0.4, 0.5) is 0 Å². The molecule has 6 heteroatoms. The molecular formula is C19H20ClNO4. The minimum atomic E-state index is -0.599. The van der Waals surface area contributed by atoms with Crippen LogP contribution in [0.1, 0.15) is 35.8 Å². The highest BCUT2D eigenvalue weighted by atomic mass is 35.5. The topological polar surface area (TPSA) is 64.6 Å². The van der Waals surface area contributed by atoms with Crippen LogP contribution >= 0.6 is 11.6 Å². The average Bonchev–Trinajstić information content (AvgIpc) is 2.61. The van der Waals surface area contributed by atoms with Gasteiger partial charge < -0.3 is 14.8 Å². The highest BCUT2D eigenvalue weighted by Crippen LogP contribution is 2.19. The van der Waals surface area contributed by atoms with Crippen molar-refractivity contribution in [2.45, 2.75) is 19.9 Å². The maximum Gasteiger partial charge on any atom is 0.342 e. The van der Waals surface area contributed by atoms with E-state index in [2.05, 4.69) is 5.32 Å². The van der Waals surface area contributed by atoms with E-state index >= 15 is 0 Å². The SMILES string of the molecule is CCOc1ccccc1C(=O)OCC(=O)N[C@H](C)c1ccc(Cl)cc1. The molecular weight excluding hydrogens is 342 g/mol. The smallest absolute Gasteiger partial charge is 0.342 e. The number of carbonyl (C=O) groups excluding carboxylic acids is 2. The first-order valence-electron chi connectivity index (χ1n) is 7.95. The van der Waals surface area contributed by atoms with Gasteiger partial charge >= 0.3 is 5.97 Å². The van der Waals surface area contributed by atoms with Crippen molar-refractivity contribution < 1.29 is 19.1 Å². The van der Waals surface area contributed by atoms with Crippen LogP contribution < -0.4 is 10.1 Å². The predicted molar refractivity (Wildman–Crippen MR) is 95.9 cm³/mol.